The van der Waals surface area contributed by atoms with Crippen LogP contribution in [0.5, 0.6) is 0 Å². The van der Waals surface area contributed by atoms with Crippen molar-refractivity contribution in [3.8, 4) is 0 Å². The smallest absolute Gasteiger partial charge is 0.222 e. The Bertz CT molecular complexity index is 380. The summed E-state index contributed by atoms with van der Waals surface area (Å²) in [5, 5.41) is 3.07. The van der Waals surface area contributed by atoms with Crippen molar-refractivity contribution < 1.29 is 14.3 Å². The highest BCUT2D eigenvalue weighted by Gasteiger charge is 2.36. The van der Waals surface area contributed by atoms with Crippen LogP contribution < -0.4 is 5.32 Å². The molecule has 2 atom stereocenters. The topological polar surface area (TPSA) is 58.6 Å². The van der Waals surface area contributed by atoms with Crippen LogP contribution in [0.1, 0.15) is 58.8 Å². The van der Waals surface area contributed by atoms with Crippen LogP contribution in [0.15, 0.2) is 0 Å². The average molecular weight is 296 g/mol. The standard InChI is InChI=1S/C16H28N2O3/c1-3-16(9-7-14(19)17-16)10-8-15(20)18(4-2)12-13-6-5-11-21-13/h13H,3-12H2,1-2H3,(H,17,19). The van der Waals surface area contributed by atoms with Gasteiger partial charge in [0.25, 0.3) is 0 Å². The van der Waals surface area contributed by atoms with Gasteiger partial charge in [0.15, 0.2) is 0 Å². The molecular weight excluding hydrogens is 268 g/mol. The van der Waals surface area contributed by atoms with Gasteiger partial charge in [-0.2, -0.15) is 0 Å². The van der Waals surface area contributed by atoms with E-state index in [0.717, 1.165) is 45.3 Å². The molecule has 0 spiro atoms. The van der Waals surface area contributed by atoms with Gasteiger partial charge in [0.2, 0.25) is 11.8 Å². The zero-order valence-corrected chi connectivity index (χ0v) is 13.3. The van der Waals surface area contributed by atoms with E-state index in [1.165, 1.54) is 0 Å². The molecule has 2 heterocycles. The van der Waals surface area contributed by atoms with E-state index in [0.29, 0.717) is 19.4 Å². The first-order chi connectivity index (χ1) is 10.1. The normalized spacial score (nSPS) is 28.7. The highest BCUT2D eigenvalue weighted by molar-refractivity contribution is 5.80. The summed E-state index contributed by atoms with van der Waals surface area (Å²) in [5.41, 5.74) is -0.157. The Kier molecular flexibility index (Phi) is 5.62. The third-order valence-corrected chi connectivity index (χ3v) is 4.91. The predicted molar refractivity (Wildman–Crippen MR) is 80.9 cm³/mol. The van der Waals surface area contributed by atoms with Gasteiger partial charge in [0.1, 0.15) is 0 Å². The number of amides is 2. The summed E-state index contributed by atoms with van der Waals surface area (Å²) in [5.74, 6) is 0.304. The molecule has 0 aromatic carbocycles. The molecule has 2 amide bonds. The van der Waals surface area contributed by atoms with Gasteiger partial charge in [-0.1, -0.05) is 6.92 Å². The molecule has 21 heavy (non-hydrogen) atoms. The molecule has 5 nitrogen and oxygen atoms in total. The molecule has 2 saturated heterocycles. The summed E-state index contributed by atoms with van der Waals surface area (Å²) in [6, 6.07) is 0. The highest BCUT2D eigenvalue weighted by Crippen LogP contribution is 2.29. The van der Waals surface area contributed by atoms with E-state index in [1.54, 1.807) is 0 Å². The third kappa shape index (κ3) is 4.19. The molecule has 0 aromatic rings. The molecule has 2 unspecified atom stereocenters. The second-order valence-corrected chi connectivity index (χ2v) is 6.25. The van der Waals surface area contributed by atoms with Gasteiger partial charge in [-0.25, -0.2) is 0 Å². The molecule has 0 aromatic heterocycles. The number of ether oxygens (including phenoxy) is 1. The molecule has 2 aliphatic rings. The Morgan fingerprint density at radius 3 is 2.81 bits per heavy atom. The van der Waals surface area contributed by atoms with Gasteiger partial charge in [0.05, 0.1) is 6.10 Å². The van der Waals surface area contributed by atoms with Gasteiger partial charge >= 0.3 is 0 Å². The van der Waals surface area contributed by atoms with Crippen LogP contribution in [0.4, 0.5) is 0 Å². The van der Waals surface area contributed by atoms with Gasteiger partial charge < -0.3 is 15.0 Å². The quantitative estimate of drug-likeness (QED) is 0.780. The van der Waals surface area contributed by atoms with Crippen LogP contribution in [0.3, 0.4) is 0 Å². The van der Waals surface area contributed by atoms with E-state index >= 15 is 0 Å². The Hall–Kier alpha value is -1.10. The first-order valence-electron chi connectivity index (χ1n) is 8.29. The first-order valence-corrected chi connectivity index (χ1v) is 8.29. The largest absolute Gasteiger partial charge is 0.376 e. The van der Waals surface area contributed by atoms with E-state index in [-0.39, 0.29) is 23.5 Å². The Labute approximate surface area is 127 Å². The zero-order valence-electron chi connectivity index (χ0n) is 13.3. The second-order valence-electron chi connectivity index (χ2n) is 6.25. The number of hydrogen-bond acceptors (Lipinski definition) is 3. The van der Waals surface area contributed by atoms with Gasteiger partial charge in [-0.3, -0.25) is 9.59 Å². The van der Waals surface area contributed by atoms with Crippen molar-refractivity contribution in [1.82, 2.24) is 10.2 Å². The van der Waals surface area contributed by atoms with Crippen molar-refractivity contribution >= 4 is 11.8 Å². The van der Waals surface area contributed by atoms with Crippen LogP contribution in [-0.4, -0.2) is 48.1 Å². The average Bonchev–Trinajstić information content (AvgIpc) is 3.12. The molecule has 2 aliphatic heterocycles. The van der Waals surface area contributed by atoms with Crippen molar-refractivity contribution in [3.63, 3.8) is 0 Å². The fourth-order valence-electron chi connectivity index (χ4n) is 3.35. The maximum Gasteiger partial charge on any atom is 0.222 e. The molecular formula is C16H28N2O3. The summed E-state index contributed by atoms with van der Waals surface area (Å²) < 4.78 is 5.62. The lowest BCUT2D eigenvalue weighted by molar-refractivity contribution is -0.133. The number of nitrogens with one attached hydrogen (secondary N) is 1. The van der Waals surface area contributed by atoms with Crippen LogP contribution in [0.25, 0.3) is 0 Å². The number of rotatable bonds is 7. The van der Waals surface area contributed by atoms with Crippen LogP contribution in [-0.2, 0) is 14.3 Å². The SMILES string of the molecule is CCN(CC1CCCO1)C(=O)CCC1(CC)CCC(=O)N1. The van der Waals surface area contributed by atoms with E-state index in [2.05, 4.69) is 12.2 Å². The second kappa shape index (κ2) is 7.25. The zero-order chi connectivity index (χ0) is 15.3. The van der Waals surface area contributed by atoms with Gasteiger partial charge in [-0.15, -0.1) is 0 Å². The number of carbonyl (C=O) groups is 2. The summed E-state index contributed by atoms with van der Waals surface area (Å²) >= 11 is 0. The lowest BCUT2D eigenvalue weighted by atomic mass is 9.88. The van der Waals surface area contributed by atoms with Crippen molar-refractivity contribution in [3.05, 3.63) is 0 Å². The summed E-state index contributed by atoms with van der Waals surface area (Å²) in [6.07, 6.45) is 5.96. The molecule has 0 radical (unpaired) electrons. The van der Waals surface area contributed by atoms with Gasteiger partial charge in [-0.05, 0) is 39.0 Å². The minimum absolute atomic E-state index is 0.121. The molecule has 5 heteroatoms. The van der Waals surface area contributed by atoms with Crippen molar-refractivity contribution in [2.45, 2.75) is 70.4 Å². The number of nitrogens with zero attached hydrogens (tertiary/aromatic N) is 1. The van der Waals surface area contributed by atoms with Crippen molar-refractivity contribution in [1.29, 1.82) is 0 Å². The van der Waals surface area contributed by atoms with E-state index in [1.807, 2.05) is 11.8 Å². The lowest BCUT2D eigenvalue weighted by Crippen LogP contribution is -2.43. The molecule has 2 rings (SSSR count). The Balaban J connectivity index is 1.82. The van der Waals surface area contributed by atoms with Crippen molar-refractivity contribution in [2.75, 3.05) is 19.7 Å². The minimum Gasteiger partial charge on any atom is -0.376 e. The van der Waals surface area contributed by atoms with Gasteiger partial charge in [0, 0.05) is 38.1 Å². The molecule has 2 fully saturated rings. The van der Waals surface area contributed by atoms with E-state index in [9.17, 15) is 9.59 Å². The van der Waals surface area contributed by atoms with Crippen molar-refractivity contribution in [2.24, 2.45) is 0 Å². The summed E-state index contributed by atoms with van der Waals surface area (Å²) in [4.78, 5) is 25.8. The fraction of sp³-hybridized carbons (Fsp3) is 0.875. The predicted octanol–water partition coefficient (Wildman–Crippen LogP) is 1.85. The fourth-order valence-corrected chi connectivity index (χ4v) is 3.35. The number of likely N-dealkylation sites (N-methyl/N-ethyl adjacent to an activating group) is 1. The maximum absolute atomic E-state index is 12.4. The van der Waals surface area contributed by atoms with E-state index in [4.69, 9.17) is 4.74 Å². The molecule has 0 aliphatic carbocycles. The highest BCUT2D eigenvalue weighted by atomic mass is 16.5. The minimum atomic E-state index is -0.157. The van der Waals surface area contributed by atoms with Crippen LogP contribution in [0, 0.1) is 0 Å². The monoisotopic (exact) mass is 296 g/mol. The summed E-state index contributed by atoms with van der Waals surface area (Å²) in [6.45, 7) is 6.35. The molecule has 0 bridgehead atoms. The Morgan fingerprint density at radius 2 is 2.29 bits per heavy atom. The maximum atomic E-state index is 12.4. The molecule has 1 N–H and O–H groups in total. The van der Waals surface area contributed by atoms with Crippen LogP contribution in [0.2, 0.25) is 0 Å². The molecule has 120 valence electrons. The third-order valence-electron chi connectivity index (χ3n) is 4.91. The summed E-state index contributed by atoms with van der Waals surface area (Å²) in [7, 11) is 0. The number of hydrogen-bond donors (Lipinski definition) is 1. The van der Waals surface area contributed by atoms with Crippen LogP contribution >= 0.6 is 0 Å². The Morgan fingerprint density at radius 1 is 1.48 bits per heavy atom. The first kappa shape index (κ1) is 16.3. The van der Waals surface area contributed by atoms with E-state index < -0.39 is 0 Å². The lowest BCUT2D eigenvalue weighted by Gasteiger charge is -2.29. The molecule has 0 saturated carbocycles. The number of carbonyl (C=O) groups excluding carboxylic acids is 2.